The zero-order chi connectivity index (χ0) is 14.5. The highest BCUT2D eigenvalue weighted by Gasteiger charge is 2.13. The van der Waals surface area contributed by atoms with E-state index in [4.69, 9.17) is 5.73 Å². The third-order valence-corrected chi connectivity index (χ3v) is 3.11. The molecule has 0 fully saturated rings. The first-order valence-electron chi connectivity index (χ1n) is 6.63. The third kappa shape index (κ3) is 3.57. The fourth-order valence-electron chi connectivity index (χ4n) is 2.10. The van der Waals surface area contributed by atoms with Crippen LogP contribution in [0.5, 0.6) is 0 Å². The smallest absolute Gasteiger partial charge is 0.253 e. The highest BCUT2D eigenvalue weighted by molar-refractivity contribution is 5.96. The molecule has 0 saturated heterocycles. The number of carbonyl (C=O) groups is 1. The van der Waals surface area contributed by atoms with Crippen LogP contribution < -0.4 is 11.1 Å². The molecule has 1 heterocycles. The molecular weight excluding hydrogens is 250 g/mol. The third-order valence-electron chi connectivity index (χ3n) is 3.11. The van der Waals surface area contributed by atoms with Gasteiger partial charge < -0.3 is 11.1 Å². The Bertz CT molecular complexity index is 596. The number of pyridine rings is 1. The van der Waals surface area contributed by atoms with Gasteiger partial charge in [0.1, 0.15) is 0 Å². The predicted molar refractivity (Wildman–Crippen MR) is 80.5 cm³/mol. The maximum atomic E-state index is 12.2. The van der Waals surface area contributed by atoms with Crippen molar-refractivity contribution in [1.29, 1.82) is 0 Å². The molecule has 1 amide bonds. The summed E-state index contributed by atoms with van der Waals surface area (Å²) in [5.41, 5.74) is 8.59. The van der Waals surface area contributed by atoms with E-state index in [-0.39, 0.29) is 11.9 Å². The van der Waals surface area contributed by atoms with Crippen LogP contribution in [0.25, 0.3) is 0 Å². The van der Waals surface area contributed by atoms with Crippen molar-refractivity contribution < 1.29 is 4.79 Å². The number of aromatic nitrogens is 1. The monoisotopic (exact) mass is 269 g/mol. The number of nitrogens with zero attached hydrogens (tertiary/aromatic N) is 1. The first kappa shape index (κ1) is 14.1. The molecule has 0 saturated carbocycles. The van der Waals surface area contributed by atoms with Crippen LogP contribution in [0.15, 0.2) is 42.6 Å². The maximum Gasteiger partial charge on any atom is 0.253 e. The molecule has 0 spiro atoms. The SMILES string of the molecule is Cc1ncc(N)cc1C(=O)NC(C)Cc1ccccc1. The minimum absolute atomic E-state index is 0.0470. The van der Waals surface area contributed by atoms with E-state index in [2.05, 4.69) is 22.4 Å². The molecule has 0 aliphatic heterocycles. The van der Waals surface area contributed by atoms with E-state index in [1.807, 2.05) is 25.1 Å². The van der Waals surface area contributed by atoms with Crippen LogP contribution in [0.3, 0.4) is 0 Å². The Balaban J connectivity index is 2.02. The van der Waals surface area contributed by atoms with Crippen LogP contribution in [0.1, 0.15) is 28.5 Å². The summed E-state index contributed by atoms with van der Waals surface area (Å²) in [7, 11) is 0. The number of rotatable bonds is 4. The molecule has 1 atom stereocenters. The van der Waals surface area contributed by atoms with E-state index >= 15 is 0 Å². The number of hydrogen-bond acceptors (Lipinski definition) is 3. The highest BCUT2D eigenvalue weighted by atomic mass is 16.1. The Morgan fingerprint density at radius 3 is 2.75 bits per heavy atom. The molecule has 1 aromatic heterocycles. The van der Waals surface area contributed by atoms with Crippen molar-refractivity contribution in [2.75, 3.05) is 5.73 Å². The highest BCUT2D eigenvalue weighted by Crippen LogP contribution is 2.10. The lowest BCUT2D eigenvalue weighted by molar-refractivity contribution is 0.0939. The van der Waals surface area contributed by atoms with Crippen LogP contribution >= 0.6 is 0 Å². The molecule has 0 aliphatic carbocycles. The Labute approximate surface area is 119 Å². The lowest BCUT2D eigenvalue weighted by atomic mass is 10.1. The number of nitrogen functional groups attached to an aromatic ring is 1. The number of nitrogens with two attached hydrogens (primary N) is 1. The minimum Gasteiger partial charge on any atom is -0.397 e. The van der Waals surface area contributed by atoms with Crippen LogP contribution in [0.4, 0.5) is 5.69 Å². The van der Waals surface area contributed by atoms with Crippen molar-refractivity contribution >= 4 is 11.6 Å². The van der Waals surface area contributed by atoms with E-state index < -0.39 is 0 Å². The fourth-order valence-corrected chi connectivity index (χ4v) is 2.10. The summed E-state index contributed by atoms with van der Waals surface area (Å²) in [4.78, 5) is 16.3. The van der Waals surface area contributed by atoms with E-state index in [9.17, 15) is 4.79 Å². The molecule has 104 valence electrons. The second-order valence-corrected chi connectivity index (χ2v) is 4.97. The van der Waals surface area contributed by atoms with Crippen molar-refractivity contribution in [2.24, 2.45) is 0 Å². The second-order valence-electron chi connectivity index (χ2n) is 4.97. The lowest BCUT2D eigenvalue weighted by Gasteiger charge is -2.15. The zero-order valence-electron chi connectivity index (χ0n) is 11.8. The molecular formula is C16H19N3O. The van der Waals surface area contributed by atoms with Crippen LogP contribution in [-0.4, -0.2) is 16.9 Å². The van der Waals surface area contributed by atoms with Gasteiger partial charge in [-0.3, -0.25) is 9.78 Å². The van der Waals surface area contributed by atoms with Gasteiger partial charge in [-0.2, -0.15) is 0 Å². The first-order valence-corrected chi connectivity index (χ1v) is 6.63. The number of carbonyl (C=O) groups excluding carboxylic acids is 1. The van der Waals surface area contributed by atoms with Gasteiger partial charge in [0, 0.05) is 6.04 Å². The molecule has 1 aromatic carbocycles. The summed E-state index contributed by atoms with van der Waals surface area (Å²) >= 11 is 0. The Morgan fingerprint density at radius 2 is 2.05 bits per heavy atom. The second kappa shape index (κ2) is 6.19. The average molecular weight is 269 g/mol. The largest absolute Gasteiger partial charge is 0.397 e. The zero-order valence-corrected chi connectivity index (χ0v) is 11.8. The molecule has 0 aliphatic rings. The fraction of sp³-hybridized carbons (Fsp3) is 0.250. The van der Waals surface area contributed by atoms with Crippen molar-refractivity contribution in [3.8, 4) is 0 Å². The van der Waals surface area contributed by atoms with Crippen molar-refractivity contribution in [2.45, 2.75) is 26.3 Å². The van der Waals surface area contributed by atoms with Crippen molar-refractivity contribution in [3.05, 3.63) is 59.4 Å². The van der Waals surface area contributed by atoms with Crippen LogP contribution in [0.2, 0.25) is 0 Å². The van der Waals surface area contributed by atoms with Crippen LogP contribution in [0, 0.1) is 6.92 Å². The first-order chi connectivity index (χ1) is 9.56. The molecule has 0 bridgehead atoms. The number of amides is 1. The van der Waals surface area contributed by atoms with Gasteiger partial charge in [0.2, 0.25) is 0 Å². The van der Waals surface area contributed by atoms with E-state index in [0.29, 0.717) is 16.9 Å². The number of anilines is 1. The topological polar surface area (TPSA) is 68.0 Å². The Morgan fingerprint density at radius 1 is 1.35 bits per heavy atom. The quantitative estimate of drug-likeness (QED) is 0.895. The standard InChI is InChI=1S/C16H19N3O/c1-11(8-13-6-4-3-5-7-13)19-16(20)15-9-14(17)10-18-12(15)2/h3-7,9-11H,8,17H2,1-2H3,(H,19,20). The lowest BCUT2D eigenvalue weighted by Crippen LogP contribution is -2.34. The average Bonchev–Trinajstić information content (AvgIpc) is 2.42. The Kier molecular flexibility index (Phi) is 4.35. The van der Waals surface area contributed by atoms with E-state index in [0.717, 1.165) is 6.42 Å². The number of nitrogens with one attached hydrogen (secondary N) is 1. The Hall–Kier alpha value is -2.36. The summed E-state index contributed by atoms with van der Waals surface area (Å²) in [6, 6.07) is 11.8. The molecule has 20 heavy (non-hydrogen) atoms. The van der Waals surface area contributed by atoms with Gasteiger partial charge in [-0.1, -0.05) is 30.3 Å². The molecule has 4 heteroatoms. The van der Waals surface area contributed by atoms with Crippen LogP contribution in [-0.2, 0) is 6.42 Å². The molecule has 2 rings (SSSR count). The maximum absolute atomic E-state index is 12.2. The van der Waals surface area contributed by atoms with Gasteiger partial charge in [-0.25, -0.2) is 0 Å². The van der Waals surface area contributed by atoms with Gasteiger partial charge in [0.25, 0.3) is 5.91 Å². The predicted octanol–water partition coefficient (Wildman–Crippen LogP) is 2.33. The summed E-state index contributed by atoms with van der Waals surface area (Å²) in [5, 5.41) is 2.98. The van der Waals surface area contributed by atoms with Gasteiger partial charge in [-0.15, -0.1) is 0 Å². The molecule has 1 unspecified atom stereocenters. The van der Waals surface area contributed by atoms with Gasteiger partial charge in [-0.05, 0) is 31.9 Å². The minimum atomic E-state index is -0.134. The normalized spacial score (nSPS) is 11.9. The number of aryl methyl sites for hydroxylation is 1. The summed E-state index contributed by atoms with van der Waals surface area (Å²) in [5.74, 6) is -0.134. The summed E-state index contributed by atoms with van der Waals surface area (Å²) < 4.78 is 0. The number of benzene rings is 1. The van der Waals surface area contributed by atoms with Crippen molar-refractivity contribution in [3.63, 3.8) is 0 Å². The molecule has 3 N–H and O–H groups in total. The van der Waals surface area contributed by atoms with Gasteiger partial charge in [0.15, 0.2) is 0 Å². The summed E-state index contributed by atoms with van der Waals surface area (Å²) in [6.07, 6.45) is 2.35. The molecule has 2 aromatic rings. The van der Waals surface area contributed by atoms with Gasteiger partial charge >= 0.3 is 0 Å². The van der Waals surface area contributed by atoms with E-state index in [1.54, 1.807) is 19.2 Å². The number of hydrogen-bond donors (Lipinski definition) is 2. The van der Waals surface area contributed by atoms with Gasteiger partial charge in [0.05, 0.1) is 23.1 Å². The molecule has 0 radical (unpaired) electrons. The molecule has 4 nitrogen and oxygen atoms in total. The van der Waals surface area contributed by atoms with Crippen molar-refractivity contribution in [1.82, 2.24) is 10.3 Å². The summed E-state index contributed by atoms with van der Waals surface area (Å²) in [6.45, 7) is 3.79. The van der Waals surface area contributed by atoms with E-state index in [1.165, 1.54) is 5.56 Å².